The molecule has 100 valence electrons. The molecule has 1 N–H and O–H groups in total. The number of sulfonamides is 1. The Kier molecular flexibility index (Phi) is 4.03. The number of nitrogens with one attached hydrogen (secondary N) is 1. The normalized spacial score (nSPS) is 10.3. The van der Waals surface area contributed by atoms with Gasteiger partial charge in [-0.25, -0.2) is 17.9 Å². The predicted molar refractivity (Wildman–Crippen MR) is 60.4 cm³/mol. The molecule has 0 aliphatic heterocycles. The summed E-state index contributed by atoms with van der Waals surface area (Å²) in [6.07, 6.45) is 1.20. The van der Waals surface area contributed by atoms with Gasteiger partial charge in [-0.3, -0.25) is 10.1 Å². The number of esters is 1. The van der Waals surface area contributed by atoms with Crippen LogP contribution in [-0.2, 0) is 14.8 Å². The fourth-order valence-electron chi connectivity index (χ4n) is 1.25. The highest BCUT2D eigenvalue weighted by molar-refractivity contribution is 7.89. The molecule has 0 aliphatic carbocycles. The fraction of sp³-hybridized carbons (Fsp3) is 0.111. The zero-order valence-corrected chi connectivity index (χ0v) is 10.3. The molecule has 0 saturated carbocycles. The van der Waals surface area contributed by atoms with Crippen LogP contribution in [0.1, 0.15) is 10.4 Å². The van der Waals surface area contributed by atoms with Crippen LogP contribution in [0.2, 0.25) is 0 Å². The van der Waals surface area contributed by atoms with Crippen molar-refractivity contribution in [1.82, 2.24) is 4.72 Å². The Balaban J connectivity index is 3.54. The summed E-state index contributed by atoms with van der Waals surface area (Å²) in [5.74, 6) is -1.07. The van der Waals surface area contributed by atoms with Gasteiger partial charge in [-0.1, -0.05) is 0 Å². The molecule has 1 rings (SSSR count). The molecular weight excluding hydrogens is 278 g/mol. The number of non-ortho nitro benzene ring substituents is 1. The van der Waals surface area contributed by atoms with Gasteiger partial charge in [0, 0.05) is 12.1 Å². The first-order valence-corrected chi connectivity index (χ1v) is 6.09. The second-order valence-electron chi connectivity index (χ2n) is 3.15. The minimum absolute atomic E-state index is 0.476. The van der Waals surface area contributed by atoms with Crippen molar-refractivity contribution in [1.29, 1.82) is 5.26 Å². The Morgan fingerprint density at radius 2 is 2.16 bits per heavy atom. The first-order chi connectivity index (χ1) is 8.83. The number of nitriles is 1. The number of hydrogen-bond donors (Lipinski definition) is 1. The number of nitrogens with zero attached hydrogens (tertiary/aromatic N) is 2. The van der Waals surface area contributed by atoms with E-state index >= 15 is 0 Å². The number of hydrogen-bond acceptors (Lipinski definition) is 7. The van der Waals surface area contributed by atoms with E-state index in [-0.39, 0.29) is 0 Å². The smallest absolute Gasteiger partial charge is 0.339 e. The monoisotopic (exact) mass is 285 g/mol. The van der Waals surface area contributed by atoms with E-state index in [1.54, 1.807) is 0 Å². The third-order valence-electron chi connectivity index (χ3n) is 2.05. The molecule has 0 radical (unpaired) electrons. The molecule has 10 heteroatoms. The van der Waals surface area contributed by atoms with Crippen LogP contribution in [0, 0.1) is 21.6 Å². The molecule has 1 aromatic rings. The van der Waals surface area contributed by atoms with Crippen LogP contribution in [-0.4, -0.2) is 26.4 Å². The van der Waals surface area contributed by atoms with Crippen molar-refractivity contribution in [2.75, 3.05) is 7.11 Å². The fourth-order valence-corrected chi connectivity index (χ4v) is 2.16. The van der Waals surface area contributed by atoms with E-state index in [1.165, 1.54) is 10.9 Å². The summed E-state index contributed by atoms with van der Waals surface area (Å²) in [6.45, 7) is 0. The number of ether oxygens (including phenoxy) is 1. The lowest BCUT2D eigenvalue weighted by molar-refractivity contribution is -0.384. The Morgan fingerprint density at radius 1 is 1.53 bits per heavy atom. The van der Waals surface area contributed by atoms with E-state index in [4.69, 9.17) is 5.26 Å². The van der Waals surface area contributed by atoms with Gasteiger partial charge in [0.05, 0.1) is 17.6 Å². The highest BCUT2D eigenvalue weighted by atomic mass is 32.2. The van der Waals surface area contributed by atoms with E-state index < -0.39 is 37.1 Å². The largest absolute Gasteiger partial charge is 0.465 e. The molecule has 0 unspecified atom stereocenters. The number of methoxy groups -OCH3 is 1. The number of benzene rings is 1. The molecule has 1 aromatic carbocycles. The minimum atomic E-state index is -4.27. The van der Waals surface area contributed by atoms with Crippen molar-refractivity contribution in [3.8, 4) is 6.19 Å². The molecule has 0 saturated heterocycles. The molecule has 0 atom stereocenters. The van der Waals surface area contributed by atoms with E-state index in [0.717, 1.165) is 25.3 Å². The maximum Gasteiger partial charge on any atom is 0.339 e. The Hall–Kier alpha value is -2.67. The zero-order valence-electron chi connectivity index (χ0n) is 9.48. The average Bonchev–Trinajstić information content (AvgIpc) is 2.36. The number of carbonyl (C=O) groups is 1. The lowest BCUT2D eigenvalue weighted by atomic mass is 10.2. The van der Waals surface area contributed by atoms with Crippen molar-refractivity contribution in [2.45, 2.75) is 4.90 Å². The maximum absolute atomic E-state index is 11.6. The predicted octanol–water partition coefficient (Wildman–Crippen LogP) is 0.141. The number of carbonyl (C=O) groups excluding carboxylic acids is 1. The third kappa shape index (κ3) is 2.96. The van der Waals surface area contributed by atoms with E-state index in [9.17, 15) is 23.3 Å². The van der Waals surface area contributed by atoms with Crippen LogP contribution in [0.25, 0.3) is 0 Å². The first-order valence-electron chi connectivity index (χ1n) is 4.61. The van der Waals surface area contributed by atoms with Crippen LogP contribution >= 0.6 is 0 Å². The van der Waals surface area contributed by atoms with Gasteiger partial charge in [0.1, 0.15) is 4.90 Å². The molecule has 0 amide bonds. The Bertz CT molecular complexity index is 676. The van der Waals surface area contributed by atoms with Crippen LogP contribution in [0.5, 0.6) is 0 Å². The quantitative estimate of drug-likeness (QED) is 0.273. The SMILES string of the molecule is COC(=O)c1cc([N+](=O)[O-])ccc1S(=O)(=O)NC#N. The summed E-state index contributed by atoms with van der Waals surface area (Å²) >= 11 is 0. The van der Waals surface area contributed by atoms with E-state index in [1.807, 2.05) is 0 Å². The molecule has 0 fully saturated rings. The topological polar surface area (TPSA) is 139 Å². The standard InChI is InChI=1S/C9H7N3O6S/c1-18-9(13)7-4-6(12(14)15)2-3-8(7)19(16,17)11-5-10/h2-4,11H,1H3. The van der Waals surface area contributed by atoms with Gasteiger partial charge >= 0.3 is 5.97 Å². The zero-order chi connectivity index (χ0) is 14.6. The number of nitro benzene ring substituents is 1. The van der Waals surface area contributed by atoms with Gasteiger partial charge in [-0.15, -0.1) is 0 Å². The molecule has 0 bridgehead atoms. The summed E-state index contributed by atoms with van der Waals surface area (Å²) in [5, 5.41) is 18.9. The molecule has 0 aromatic heterocycles. The first kappa shape index (κ1) is 14.4. The average molecular weight is 285 g/mol. The summed E-state index contributed by atoms with van der Waals surface area (Å²) in [6, 6.07) is 2.51. The molecule has 9 nitrogen and oxygen atoms in total. The lowest BCUT2D eigenvalue weighted by Gasteiger charge is -2.07. The number of nitro groups is 1. The van der Waals surface area contributed by atoms with Crippen molar-refractivity contribution >= 4 is 21.7 Å². The van der Waals surface area contributed by atoms with E-state index in [2.05, 4.69) is 4.74 Å². The van der Waals surface area contributed by atoms with Gasteiger partial charge < -0.3 is 4.74 Å². The molecule has 0 heterocycles. The minimum Gasteiger partial charge on any atom is -0.465 e. The Labute approximate surface area is 107 Å². The van der Waals surface area contributed by atoms with Crippen LogP contribution in [0.3, 0.4) is 0 Å². The van der Waals surface area contributed by atoms with Gasteiger partial charge in [0.2, 0.25) is 0 Å². The van der Waals surface area contributed by atoms with Gasteiger partial charge in [-0.05, 0) is 6.07 Å². The van der Waals surface area contributed by atoms with Crippen molar-refractivity contribution in [3.63, 3.8) is 0 Å². The molecule has 0 aliphatic rings. The van der Waals surface area contributed by atoms with Gasteiger partial charge in [0.15, 0.2) is 6.19 Å². The van der Waals surface area contributed by atoms with Gasteiger partial charge in [0.25, 0.3) is 15.7 Å². The second-order valence-corrected chi connectivity index (χ2v) is 4.80. The van der Waals surface area contributed by atoms with Crippen LogP contribution in [0.15, 0.2) is 23.1 Å². The van der Waals surface area contributed by atoms with Crippen molar-refractivity contribution in [3.05, 3.63) is 33.9 Å². The Morgan fingerprint density at radius 3 is 2.63 bits per heavy atom. The van der Waals surface area contributed by atoms with Crippen molar-refractivity contribution < 1.29 is 22.9 Å². The molecule has 0 spiro atoms. The summed E-state index contributed by atoms with van der Waals surface area (Å²) < 4.78 is 29.1. The third-order valence-corrected chi connectivity index (χ3v) is 3.34. The summed E-state index contributed by atoms with van der Waals surface area (Å²) in [5.41, 5.74) is -1.00. The van der Waals surface area contributed by atoms with E-state index in [0.29, 0.717) is 0 Å². The summed E-state index contributed by atoms with van der Waals surface area (Å²) in [4.78, 5) is 20.7. The molecule has 19 heavy (non-hydrogen) atoms. The van der Waals surface area contributed by atoms with Crippen molar-refractivity contribution in [2.24, 2.45) is 0 Å². The lowest BCUT2D eigenvalue weighted by Crippen LogP contribution is -2.21. The van der Waals surface area contributed by atoms with Crippen LogP contribution < -0.4 is 4.72 Å². The number of rotatable bonds is 4. The highest BCUT2D eigenvalue weighted by Crippen LogP contribution is 2.22. The molecular formula is C9H7N3O6S. The highest BCUT2D eigenvalue weighted by Gasteiger charge is 2.25. The second kappa shape index (κ2) is 5.32. The van der Waals surface area contributed by atoms with Gasteiger partial charge in [-0.2, -0.15) is 5.26 Å². The maximum atomic E-state index is 11.6. The van der Waals surface area contributed by atoms with Crippen LogP contribution in [0.4, 0.5) is 5.69 Å². The summed E-state index contributed by atoms with van der Waals surface area (Å²) in [7, 11) is -3.28.